The molecule has 0 spiro atoms. The van der Waals surface area contributed by atoms with E-state index in [4.69, 9.17) is 0 Å². The van der Waals surface area contributed by atoms with Gasteiger partial charge in [0.15, 0.2) is 5.69 Å². The molecule has 0 aliphatic carbocycles. The molecule has 0 aliphatic heterocycles. The van der Waals surface area contributed by atoms with Gasteiger partial charge in [0.2, 0.25) is 0 Å². The summed E-state index contributed by atoms with van der Waals surface area (Å²) in [6.07, 6.45) is 1.16. The largest absolute Gasteiger partial charge is 0.435 e. The van der Waals surface area contributed by atoms with Gasteiger partial charge < -0.3 is 4.57 Å². The molecule has 0 radical (unpaired) electrons. The number of halogens is 3. The Balaban J connectivity index is 1.55. The van der Waals surface area contributed by atoms with Crippen LogP contribution in [0, 0.1) is 0 Å². The van der Waals surface area contributed by atoms with Crippen LogP contribution in [0.25, 0.3) is 16.6 Å². The highest BCUT2D eigenvalue weighted by molar-refractivity contribution is 7.98. The highest BCUT2D eigenvalue weighted by Gasteiger charge is 2.33. The molecule has 1 unspecified atom stereocenters. The summed E-state index contributed by atoms with van der Waals surface area (Å²) in [7, 11) is 0. The third-order valence-electron chi connectivity index (χ3n) is 5.05. The normalized spacial score (nSPS) is 13.1. The molecule has 3 nitrogen and oxygen atoms in total. The lowest BCUT2D eigenvalue weighted by atomic mass is 10.0. The molecule has 0 N–H and O–H groups in total. The van der Waals surface area contributed by atoms with Crippen LogP contribution in [0.1, 0.15) is 24.1 Å². The van der Waals surface area contributed by atoms with Crippen LogP contribution in [0.2, 0.25) is 0 Å². The van der Waals surface area contributed by atoms with Crippen LogP contribution >= 0.6 is 11.8 Å². The van der Waals surface area contributed by atoms with Gasteiger partial charge in [-0.3, -0.25) is 0 Å². The van der Waals surface area contributed by atoms with Crippen molar-refractivity contribution in [2.75, 3.05) is 6.26 Å². The molecule has 0 saturated heterocycles. The Morgan fingerprint density at radius 2 is 1.76 bits per heavy atom. The number of alkyl halides is 3. The third kappa shape index (κ3) is 3.92. The van der Waals surface area contributed by atoms with Crippen molar-refractivity contribution in [3.05, 3.63) is 78.2 Å². The number of hydrogen-bond donors (Lipinski definition) is 0. The van der Waals surface area contributed by atoms with Crippen LogP contribution in [0.3, 0.4) is 0 Å². The highest BCUT2D eigenvalue weighted by Crippen LogP contribution is 2.31. The molecule has 2 aromatic carbocycles. The van der Waals surface area contributed by atoms with E-state index < -0.39 is 11.9 Å². The minimum Gasteiger partial charge on any atom is -0.346 e. The molecule has 29 heavy (non-hydrogen) atoms. The van der Waals surface area contributed by atoms with Crippen LogP contribution in [-0.2, 0) is 12.7 Å². The quantitative estimate of drug-likeness (QED) is 0.353. The van der Waals surface area contributed by atoms with E-state index in [9.17, 15) is 13.2 Å². The van der Waals surface area contributed by atoms with Crippen molar-refractivity contribution in [3.8, 4) is 5.69 Å². The van der Waals surface area contributed by atoms with E-state index in [1.807, 2.05) is 24.3 Å². The summed E-state index contributed by atoms with van der Waals surface area (Å²) >= 11 is 1.73. The maximum atomic E-state index is 12.8. The molecular formula is C22H20F3N3S. The predicted molar refractivity (Wildman–Crippen MR) is 111 cm³/mol. The fourth-order valence-corrected chi connectivity index (χ4v) is 4.13. The van der Waals surface area contributed by atoms with E-state index in [2.05, 4.69) is 41.2 Å². The van der Waals surface area contributed by atoms with E-state index in [-0.39, 0.29) is 5.92 Å². The second kappa shape index (κ2) is 7.63. The van der Waals surface area contributed by atoms with Crippen LogP contribution in [0.15, 0.2) is 71.9 Å². The zero-order valence-corrected chi connectivity index (χ0v) is 16.8. The molecule has 150 valence electrons. The van der Waals surface area contributed by atoms with Crippen molar-refractivity contribution < 1.29 is 13.2 Å². The fraction of sp³-hybridized carbons (Fsp3) is 0.227. The summed E-state index contributed by atoms with van der Waals surface area (Å²) in [4.78, 5) is 1.25. The molecule has 0 saturated carbocycles. The number of nitrogens with zero attached hydrogens (tertiary/aromatic N) is 3. The number of aromatic nitrogens is 3. The molecule has 4 rings (SSSR count). The van der Waals surface area contributed by atoms with E-state index in [0.717, 1.165) is 18.2 Å². The summed E-state index contributed by atoms with van der Waals surface area (Å²) in [5.74, 6) is 0.248. The summed E-state index contributed by atoms with van der Waals surface area (Å²) in [5, 5.41) is 4.88. The first-order valence-electron chi connectivity index (χ1n) is 9.22. The molecule has 1 atom stereocenters. The molecule has 7 heteroatoms. The number of para-hydroxylation sites is 1. The Bertz CT molecular complexity index is 1130. The van der Waals surface area contributed by atoms with Gasteiger partial charge in [-0.05, 0) is 42.0 Å². The van der Waals surface area contributed by atoms with E-state index >= 15 is 0 Å². The van der Waals surface area contributed by atoms with Crippen molar-refractivity contribution >= 4 is 22.7 Å². The molecule has 0 aliphatic rings. The van der Waals surface area contributed by atoms with E-state index in [1.54, 1.807) is 23.9 Å². The first-order chi connectivity index (χ1) is 13.9. The molecule has 4 aromatic rings. The Morgan fingerprint density at radius 3 is 2.41 bits per heavy atom. The summed E-state index contributed by atoms with van der Waals surface area (Å²) in [6.45, 7) is 2.97. The van der Waals surface area contributed by atoms with Gasteiger partial charge in [0.25, 0.3) is 0 Å². The number of fused-ring (bicyclic) bond motifs is 1. The van der Waals surface area contributed by atoms with E-state index in [1.165, 1.54) is 26.7 Å². The van der Waals surface area contributed by atoms with Gasteiger partial charge in [-0.25, -0.2) is 4.68 Å². The maximum absolute atomic E-state index is 12.8. The molecule has 0 bridgehead atoms. The van der Waals surface area contributed by atoms with Gasteiger partial charge in [-0.2, -0.15) is 18.3 Å². The van der Waals surface area contributed by atoms with E-state index in [0.29, 0.717) is 5.69 Å². The Labute approximate surface area is 171 Å². The van der Waals surface area contributed by atoms with Gasteiger partial charge >= 0.3 is 6.18 Å². The van der Waals surface area contributed by atoms with Crippen LogP contribution in [0.5, 0.6) is 0 Å². The Morgan fingerprint density at radius 1 is 1.03 bits per heavy atom. The van der Waals surface area contributed by atoms with Gasteiger partial charge in [0.1, 0.15) is 0 Å². The average Bonchev–Trinajstić information content (AvgIpc) is 3.34. The third-order valence-corrected chi connectivity index (χ3v) is 5.81. The number of benzene rings is 2. The zero-order chi connectivity index (χ0) is 20.6. The highest BCUT2D eigenvalue weighted by atomic mass is 32.2. The number of rotatable bonds is 5. The van der Waals surface area contributed by atoms with Crippen molar-refractivity contribution in [2.24, 2.45) is 0 Å². The van der Waals surface area contributed by atoms with Crippen LogP contribution in [-0.4, -0.2) is 20.6 Å². The molecule has 2 aromatic heterocycles. The SMILES string of the molecule is CSc1cn(CC(C)c2ccc(-n3ccc(C(F)(F)F)n3)cc2)c2ccccc12. The molecule has 0 fully saturated rings. The summed E-state index contributed by atoms with van der Waals surface area (Å²) in [5.41, 5.74) is 2.04. The predicted octanol–water partition coefficient (Wildman–Crippen LogP) is 6.37. The maximum Gasteiger partial charge on any atom is 0.435 e. The lowest BCUT2D eigenvalue weighted by Gasteiger charge is -2.15. The molecular weight excluding hydrogens is 395 g/mol. The minimum atomic E-state index is -4.44. The Kier molecular flexibility index (Phi) is 5.17. The van der Waals surface area contributed by atoms with Crippen molar-refractivity contribution in [1.29, 1.82) is 0 Å². The minimum absolute atomic E-state index is 0.248. The van der Waals surface area contributed by atoms with Gasteiger partial charge in [-0.1, -0.05) is 37.3 Å². The second-order valence-electron chi connectivity index (χ2n) is 7.00. The lowest BCUT2D eigenvalue weighted by molar-refractivity contribution is -0.141. The number of thioether (sulfide) groups is 1. The first-order valence-corrected chi connectivity index (χ1v) is 10.4. The number of hydrogen-bond acceptors (Lipinski definition) is 2. The first kappa shape index (κ1) is 19.6. The van der Waals surface area contributed by atoms with Gasteiger partial charge in [0, 0.05) is 34.7 Å². The lowest BCUT2D eigenvalue weighted by Crippen LogP contribution is -2.07. The van der Waals surface area contributed by atoms with Gasteiger partial charge in [0.05, 0.1) is 5.69 Å². The monoisotopic (exact) mass is 415 g/mol. The summed E-state index contributed by atoms with van der Waals surface area (Å²) < 4.78 is 41.8. The smallest absolute Gasteiger partial charge is 0.346 e. The van der Waals surface area contributed by atoms with Crippen LogP contribution < -0.4 is 0 Å². The molecule has 2 heterocycles. The summed E-state index contributed by atoms with van der Waals surface area (Å²) in [6, 6.07) is 16.9. The zero-order valence-electron chi connectivity index (χ0n) is 16.0. The van der Waals surface area contributed by atoms with Crippen LogP contribution in [0.4, 0.5) is 13.2 Å². The van der Waals surface area contributed by atoms with Gasteiger partial charge in [-0.15, -0.1) is 11.8 Å². The second-order valence-corrected chi connectivity index (χ2v) is 7.85. The van der Waals surface area contributed by atoms with Crippen molar-refractivity contribution in [2.45, 2.75) is 30.5 Å². The van der Waals surface area contributed by atoms with Crippen molar-refractivity contribution in [1.82, 2.24) is 14.3 Å². The topological polar surface area (TPSA) is 22.8 Å². The Hall–Kier alpha value is -2.67. The molecule has 0 amide bonds. The van der Waals surface area contributed by atoms with Crippen molar-refractivity contribution in [3.63, 3.8) is 0 Å². The standard InChI is InChI=1S/C22H20F3N3S/c1-15(13-27-14-20(29-2)18-5-3-4-6-19(18)27)16-7-9-17(10-8-16)28-12-11-21(26-28)22(23,24)25/h3-12,14-15H,13H2,1-2H3. The fourth-order valence-electron chi connectivity index (χ4n) is 3.50. The average molecular weight is 415 g/mol.